The predicted octanol–water partition coefficient (Wildman–Crippen LogP) is 15.9. The van der Waals surface area contributed by atoms with E-state index in [1.807, 2.05) is 0 Å². The van der Waals surface area contributed by atoms with Crippen LogP contribution in [0.25, 0.3) is 94.3 Å². The molecule has 0 N–H and O–H groups in total. The van der Waals surface area contributed by atoms with E-state index in [0.29, 0.717) is 0 Å². The minimum atomic E-state index is 0.860. The third-order valence-corrected chi connectivity index (χ3v) is 12.6. The summed E-state index contributed by atoms with van der Waals surface area (Å²) in [4.78, 5) is 2.31. The second kappa shape index (κ2) is 14.4. The molecule has 2 aliphatic heterocycles. The van der Waals surface area contributed by atoms with Crippen LogP contribution in [0.4, 0.5) is 11.4 Å². The van der Waals surface area contributed by atoms with E-state index in [-0.39, 0.29) is 0 Å². The van der Waals surface area contributed by atoms with E-state index < -0.39 is 0 Å². The van der Waals surface area contributed by atoms with E-state index in [1.54, 1.807) is 0 Å². The van der Waals surface area contributed by atoms with E-state index in [9.17, 15) is 0 Å². The lowest BCUT2D eigenvalue weighted by Gasteiger charge is -2.25. The summed E-state index contributed by atoms with van der Waals surface area (Å²) in [7, 11) is 0. The van der Waals surface area contributed by atoms with Crippen molar-refractivity contribution in [3.05, 3.63) is 236 Å². The Morgan fingerprint density at radius 1 is 0.344 bits per heavy atom. The molecule has 0 amide bonds. The highest BCUT2D eigenvalue weighted by molar-refractivity contribution is 6.17. The molecule has 9 aromatic carbocycles. The number of aromatic nitrogens is 1. The van der Waals surface area contributed by atoms with Gasteiger partial charge in [-0.1, -0.05) is 176 Å². The Hall–Kier alpha value is -7.94. The lowest BCUT2D eigenvalue weighted by Crippen LogP contribution is -2.11. The van der Waals surface area contributed by atoms with Gasteiger partial charge in [-0.2, -0.15) is 0 Å². The monoisotopic (exact) mass is 776 g/mol. The summed E-state index contributed by atoms with van der Waals surface area (Å²) in [5, 5.41) is 2.55. The average Bonchev–Trinajstić information content (AvgIpc) is 3.59. The highest BCUT2D eigenvalue weighted by Crippen LogP contribution is 2.47. The van der Waals surface area contributed by atoms with Crippen molar-refractivity contribution in [1.82, 2.24) is 4.57 Å². The number of hydrogen-bond donors (Lipinski definition) is 0. The zero-order valence-electron chi connectivity index (χ0n) is 33.5. The largest absolute Gasteiger partial charge is 0.317 e. The fourth-order valence-corrected chi connectivity index (χ4v) is 9.60. The van der Waals surface area contributed by atoms with Gasteiger partial charge in [-0.15, -0.1) is 0 Å². The molecule has 0 spiro atoms. The first-order chi connectivity index (χ1) is 30.2. The van der Waals surface area contributed by atoms with Gasteiger partial charge in [0.05, 0.1) is 16.7 Å². The molecule has 2 aliphatic rings. The average molecular weight is 777 g/mol. The molecule has 1 aromatic heterocycles. The number of para-hydroxylation sites is 2. The van der Waals surface area contributed by atoms with Crippen molar-refractivity contribution >= 4 is 33.2 Å². The minimum absolute atomic E-state index is 0.860. The molecule has 61 heavy (non-hydrogen) atoms. The third-order valence-electron chi connectivity index (χ3n) is 12.6. The summed E-state index contributed by atoms with van der Waals surface area (Å²) < 4.78 is 2.48. The molecular weight excluding hydrogens is 737 g/mol. The maximum atomic E-state index is 2.48. The van der Waals surface area contributed by atoms with E-state index >= 15 is 0 Å². The van der Waals surface area contributed by atoms with Gasteiger partial charge in [0.1, 0.15) is 0 Å². The molecule has 10 aromatic rings. The molecule has 2 heteroatoms. The predicted molar refractivity (Wildman–Crippen MR) is 258 cm³/mol. The molecule has 3 heterocycles. The quantitative estimate of drug-likeness (QED) is 0.169. The van der Waals surface area contributed by atoms with Crippen molar-refractivity contribution in [3.63, 3.8) is 0 Å². The molecule has 0 fully saturated rings. The Balaban J connectivity index is 0.847. The molecule has 0 saturated heterocycles. The summed E-state index contributed by atoms with van der Waals surface area (Å²) in [6.07, 6.45) is 9.56. The first-order valence-corrected chi connectivity index (χ1v) is 21.1. The SMILES string of the molecule is C1=C\Cc2cc(-c3ccc(-c4ccc5c(c4)c4cccc6c4n5-c4ccccc4-c4ccccc4-6)cc3)ccc2N(c2ccc(-c3ccc(-c4ccccc4)cc3)cc2)\C=C/1. The highest BCUT2D eigenvalue weighted by Gasteiger charge is 2.24. The Kier molecular flexibility index (Phi) is 8.28. The number of rotatable bonds is 5. The molecule has 0 atom stereocenters. The van der Waals surface area contributed by atoms with Gasteiger partial charge < -0.3 is 9.47 Å². The van der Waals surface area contributed by atoms with Crippen LogP contribution in [-0.2, 0) is 6.42 Å². The van der Waals surface area contributed by atoms with Gasteiger partial charge in [0.2, 0.25) is 0 Å². The van der Waals surface area contributed by atoms with Gasteiger partial charge in [0.15, 0.2) is 0 Å². The summed E-state index contributed by atoms with van der Waals surface area (Å²) >= 11 is 0. The molecule has 0 bridgehead atoms. The highest BCUT2D eigenvalue weighted by atomic mass is 15.1. The molecule has 0 unspecified atom stereocenters. The smallest absolute Gasteiger partial charge is 0.0619 e. The van der Waals surface area contributed by atoms with E-state index in [0.717, 1.165) is 12.1 Å². The van der Waals surface area contributed by atoms with Crippen molar-refractivity contribution in [2.45, 2.75) is 6.42 Å². The normalized spacial score (nSPS) is 13.7. The molecular formula is C59H40N2. The van der Waals surface area contributed by atoms with Crippen molar-refractivity contribution in [2.75, 3.05) is 4.90 Å². The third kappa shape index (κ3) is 5.95. The van der Waals surface area contributed by atoms with Gasteiger partial charge in [-0.05, 0) is 116 Å². The van der Waals surface area contributed by atoms with Crippen LogP contribution >= 0.6 is 0 Å². The summed E-state index contributed by atoms with van der Waals surface area (Å²) in [5.41, 5.74) is 22.2. The number of benzene rings is 9. The molecule has 286 valence electrons. The lowest BCUT2D eigenvalue weighted by molar-refractivity contribution is 1.18. The van der Waals surface area contributed by atoms with E-state index in [4.69, 9.17) is 0 Å². The van der Waals surface area contributed by atoms with E-state index in [1.165, 1.54) is 106 Å². The summed E-state index contributed by atoms with van der Waals surface area (Å²) in [6, 6.07) is 75.7. The van der Waals surface area contributed by atoms with Crippen molar-refractivity contribution < 1.29 is 0 Å². The Bertz CT molecular complexity index is 3350. The number of anilines is 2. The second-order valence-corrected chi connectivity index (χ2v) is 16.1. The Morgan fingerprint density at radius 3 is 1.61 bits per heavy atom. The van der Waals surface area contributed by atoms with Crippen LogP contribution in [-0.4, -0.2) is 4.57 Å². The van der Waals surface area contributed by atoms with Crippen molar-refractivity contribution in [2.24, 2.45) is 0 Å². The fourth-order valence-electron chi connectivity index (χ4n) is 9.60. The van der Waals surface area contributed by atoms with Gasteiger partial charge >= 0.3 is 0 Å². The Morgan fingerprint density at radius 2 is 0.885 bits per heavy atom. The van der Waals surface area contributed by atoms with Crippen LogP contribution in [0.2, 0.25) is 0 Å². The summed E-state index contributed by atoms with van der Waals surface area (Å²) in [6.45, 7) is 0. The molecule has 0 saturated carbocycles. The maximum absolute atomic E-state index is 2.48. The van der Waals surface area contributed by atoms with Crippen LogP contribution in [0.3, 0.4) is 0 Å². The van der Waals surface area contributed by atoms with Crippen LogP contribution in [0.1, 0.15) is 5.56 Å². The van der Waals surface area contributed by atoms with Crippen LogP contribution < -0.4 is 4.90 Å². The molecule has 2 nitrogen and oxygen atoms in total. The number of nitrogens with zero attached hydrogens (tertiary/aromatic N) is 2. The van der Waals surface area contributed by atoms with Gasteiger partial charge in [0, 0.05) is 39.5 Å². The standard InChI is InChI=1S/C59H40N2/c1-3-12-40(13-4-1)41-21-23-42(24-22-41)43-29-33-49(34-30-43)60-37-10-2-5-14-48-38-46(31-35-56(48)60)44-25-27-45(28-26-44)47-32-36-58-55(39-47)54-19-11-18-53-51-16-7-6-15-50(51)52-17-8-9-20-57(52)61(58)59(53)54/h1-13,15-39H,14H2/b5-2-,37-10-. The second-order valence-electron chi connectivity index (χ2n) is 16.1. The van der Waals surface area contributed by atoms with E-state index in [2.05, 4.69) is 240 Å². The minimum Gasteiger partial charge on any atom is -0.317 e. The van der Waals surface area contributed by atoms with Crippen molar-refractivity contribution in [3.8, 4) is 72.4 Å². The van der Waals surface area contributed by atoms with Crippen molar-refractivity contribution in [1.29, 1.82) is 0 Å². The van der Waals surface area contributed by atoms with Gasteiger partial charge in [0.25, 0.3) is 0 Å². The first kappa shape index (κ1) is 35.0. The molecule has 12 rings (SSSR count). The lowest BCUT2D eigenvalue weighted by atomic mass is 9.93. The number of fused-ring (bicyclic) bond motifs is 9. The number of hydrogen-bond acceptors (Lipinski definition) is 1. The zero-order valence-corrected chi connectivity index (χ0v) is 33.5. The van der Waals surface area contributed by atoms with Crippen LogP contribution in [0.5, 0.6) is 0 Å². The number of allylic oxidation sites excluding steroid dienone is 3. The van der Waals surface area contributed by atoms with Crippen LogP contribution in [0, 0.1) is 0 Å². The first-order valence-electron chi connectivity index (χ1n) is 21.1. The van der Waals surface area contributed by atoms with Gasteiger partial charge in [-0.3, -0.25) is 0 Å². The molecule has 0 aliphatic carbocycles. The van der Waals surface area contributed by atoms with Gasteiger partial charge in [-0.25, -0.2) is 0 Å². The van der Waals surface area contributed by atoms with Crippen LogP contribution in [0.15, 0.2) is 231 Å². The zero-order chi connectivity index (χ0) is 40.3. The molecule has 0 radical (unpaired) electrons. The topological polar surface area (TPSA) is 8.17 Å². The maximum Gasteiger partial charge on any atom is 0.0619 e. The summed E-state index contributed by atoms with van der Waals surface area (Å²) in [5.74, 6) is 0. The fraction of sp³-hybridized carbons (Fsp3) is 0.0169. The Labute approximate surface area is 356 Å².